The molecule has 1 rings (SSSR count). The van der Waals surface area contributed by atoms with Crippen molar-refractivity contribution in [2.45, 2.75) is 45.3 Å². The van der Waals surface area contributed by atoms with E-state index in [9.17, 15) is 8.78 Å². The van der Waals surface area contributed by atoms with E-state index in [1.54, 1.807) is 0 Å². The van der Waals surface area contributed by atoms with Gasteiger partial charge in [0.05, 0.1) is 6.10 Å². The number of hydrogen-bond acceptors (Lipinski definition) is 1. The summed E-state index contributed by atoms with van der Waals surface area (Å²) < 4.78 is 27.8. The zero-order chi connectivity index (χ0) is 8.27. The summed E-state index contributed by atoms with van der Waals surface area (Å²) in [7, 11) is 0. The summed E-state index contributed by atoms with van der Waals surface area (Å²) in [6, 6.07) is 0. The summed E-state index contributed by atoms with van der Waals surface area (Å²) in [5.74, 6) is 0.688. The Hall–Kier alpha value is -0.180. The van der Waals surface area contributed by atoms with Gasteiger partial charge in [-0.1, -0.05) is 6.92 Å². The summed E-state index contributed by atoms with van der Waals surface area (Å²) >= 11 is 0. The van der Waals surface area contributed by atoms with Crippen LogP contribution in [-0.2, 0) is 4.74 Å². The predicted octanol–water partition coefficient (Wildman–Crippen LogP) is 2.80. The summed E-state index contributed by atoms with van der Waals surface area (Å²) in [6.07, 6.45) is 3.46. The first-order valence-corrected chi connectivity index (χ1v) is 4.12. The van der Waals surface area contributed by atoms with Crippen LogP contribution in [0.15, 0.2) is 0 Å². The molecule has 1 fully saturated rings. The molecule has 1 aliphatic rings. The van der Waals surface area contributed by atoms with Gasteiger partial charge in [-0.3, -0.25) is 0 Å². The van der Waals surface area contributed by atoms with Crippen LogP contribution >= 0.6 is 0 Å². The molecule has 66 valence electrons. The van der Waals surface area contributed by atoms with E-state index in [-0.39, 0.29) is 6.10 Å². The lowest BCUT2D eigenvalue weighted by atomic mass is 9.89. The van der Waals surface area contributed by atoms with Crippen LogP contribution in [-0.4, -0.2) is 12.7 Å². The highest BCUT2D eigenvalue weighted by molar-refractivity contribution is 4.69. The zero-order valence-corrected chi connectivity index (χ0v) is 6.72. The van der Waals surface area contributed by atoms with Gasteiger partial charge in [0.2, 0.25) is 0 Å². The molecule has 0 aliphatic heterocycles. The Morgan fingerprint density at radius 1 is 1.18 bits per heavy atom. The minimum atomic E-state index is -2.59. The normalized spacial score (nSPS) is 32.7. The maximum atomic E-state index is 11.7. The van der Waals surface area contributed by atoms with Gasteiger partial charge >= 0.3 is 6.61 Å². The zero-order valence-electron chi connectivity index (χ0n) is 6.72. The molecule has 0 unspecified atom stereocenters. The number of halogens is 2. The molecule has 1 nitrogen and oxygen atoms in total. The highest BCUT2D eigenvalue weighted by Gasteiger charge is 2.21. The molecule has 0 aromatic heterocycles. The lowest BCUT2D eigenvalue weighted by molar-refractivity contribution is -0.171. The summed E-state index contributed by atoms with van der Waals surface area (Å²) in [5, 5.41) is 0. The van der Waals surface area contributed by atoms with E-state index in [2.05, 4.69) is 11.7 Å². The van der Waals surface area contributed by atoms with Crippen LogP contribution in [0.3, 0.4) is 0 Å². The first-order valence-electron chi connectivity index (χ1n) is 4.12. The molecule has 0 bridgehead atoms. The molecule has 0 radical (unpaired) electrons. The van der Waals surface area contributed by atoms with Crippen LogP contribution in [0.25, 0.3) is 0 Å². The third kappa shape index (κ3) is 3.14. The van der Waals surface area contributed by atoms with Gasteiger partial charge < -0.3 is 4.74 Å². The fourth-order valence-electron chi connectivity index (χ4n) is 1.51. The fourth-order valence-corrected chi connectivity index (χ4v) is 1.51. The molecule has 0 spiro atoms. The van der Waals surface area contributed by atoms with Crippen LogP contribution in [0.4, 0.5) is 8.78 Å². The standard InChI is InChI=1S/C8H14F2O/c1-6-2-4-7(5-3-6)11-8(9)10/h6-8H,2-5H2,1H3/t6-,7+. The van der Waals surface area contributed by atoms with Crippen molar-refractivity contribution in [2.75, 3.05) is 0 Å². The van der Waals surface area contributed by atoms with E-state index in [1.807, 2.05) is 0 Å². The van der Waals surface area contributed by atoms with E-state index < -0.39 is 6.61 Å². The molecule has 0 aromatic carbocycles. The summed E-state index contributed by atoms with van der Waals surface area (Å²) in [4.78, 5) is 0. The Balaban J connectivity index is 2.17. The highest BCUT2D eigenvalue weighted by Crippen LogP contribution is 2.26. The third-order valence-corrected chi connectivity index (χ3v) is 2.26. The van der Waals surface area contributed by atoms with Gasteiger partial charge in [-0.25, -0.2) is 0 Å². The first-order chi connectivity index (χ1) is 5.18. The lowest BCUT2D eigenvalue weighted by Gasteiger charge is -2.25. The highest BCUT2D eigenvalue weighted by atomic mass is 19.3. The van der Waals surface area contributed by atoms with Gasteiger partial charge in [0.25, 0.3) is 0 Å². The van der Waals surface area contributed by atoms with Crippen molar-refractivity contribution in [3.63, 3.8) is 0 Å². The maximum absolute atomic E-state index is 11.7. The number of alkyl halides is 2. The number of rotatable bonds is 2. The van der Waals surface area contributed by atoms with E-state index in [0.29, 0.717) is 5.92 Å². The Morgan fingerprint density at radius 2 is 1.73 bits per heavy atom. The molecular weight excluding hydrogens is 150 g/mol. The maximum Gasteiger partial charge on any atom is 0.345 e. The molecular formula is C8H14F2O. The molecule has 0 N–H and O–H groups in total. The van der Waals surface area contributed by atoms with Crippen molar-refractivity contribution >= 4 is 0 Å². The molecule has 1 aliphatic carbocycles. The van der Waals surface area contributed by atoms with E-state index in [4.69, 9.17) is 0 Å². The average molecular weight is 164 g/mol. The minimum absolute atomic E-state index is 0.189. The minimum Gasteiger partial charge on any atom is -0.320 e. The number of hydrogen-bond donors (Lipinski definition) is 0. The van der Waals surface area contributed by atoms with Crippen LogP contribution < -0.4 is 0 Å². The topological polar surface area (TPSA) is 9.23 Å². The molecule has 0 atom stereocenters. The predicted molar refractivity (Wildman–Crippen MR) is 38.5 cm³/mol. The van der Waals surface area contributed by atoms with E-state index >= 15 is 0 Å². The smallest absolute Gasteiger partial charge is 0.320 e. The Kier molecular flexibility index (Phi) is 3.24. The van der Waals surface area contributed by atoms with Crippen molar-refractivity contribution in [1.29, 1.82) is 0 Å². The third-order valence-electron chi connectivity index (χ3n) is 2.26. The quantitative estimate of drug-likeness (QED) is 0.609. The van der Waals surface area contributed by atoms with Crippen molar-refractivity contribution < 1.29 is 13.5 Å². The second kappa shape index (κ2) is 4.00. The molecule has 11 heavy (non-hydrogen) atoms. The van der Waals surface area contributed by atoms with Crippen molar-refractivity contribution in [3.8, 4) is 0 Å². The lowest BCUT2D eigenvalue weighted by Crippen LogP contribution is -2.22. The summed E-state index contributed by atoms with van der Waals surface area (Å²) in [5.41, 5.74) is 0. The molecule has 0 amide bonds. The molecule has 3 heteroatoms. The fraction of sp³-hybridized carbons (Fsp3) is 1.00. The van der Waals surface area contributed by atoms with Crippen molar-refractivity contribution in [3.05, 3.63) is 0 Å². The second-order valence-electron chi connectivity index (χ2n) is 3.28. The molecule has 0 aromatic rings. The average Bonchev–Trinajstić information content (AvgIpc) is 1.93. The Bertz CT molecular complexity index is 109. The van der Waals surface area contributed by atoms with Crippen LogP contribution in [0.5, 0.6) is 0 Å². The monoisotopic (exact) mass is 164 g/mol. The molecule has 0 heterocycles. The van der Waals surface area contributed by atoms with Crippen molar-refractivity contribution in [1.82, 2.24) is 0 Å². The largest absolute Gasteiger partial charge is 0.345 e. The Labute approximate surface area is 65.7 Å². The molecule has 0 saturated heterocycles. The van der Waals surface area contributed by atoms with Gasteiger partial charge in [-0.2, -0.15) is 8.78 Å². The van der Waals surface area contributed by atoms with Gasteiger partial charge in [-0.15, -0.1) is 0 Å². The van der Waals surface area contributed by atoms with E-state index in [1.165, 1.54) is 0 Å². The SMILES string of the molecule is C[C@H]1CC[C@@H](OC(F)F)CC1. The second-order valence-corrected chi connectivity index (χ2v) is 3.28. The van der Waals surface area contributed by atoms with Gasteiger partial charge in [-0.05, 0) is 31.6 Å². The van der Waals surface area contributed by atoms with Crippen molar-refractivity contribution in [2.24, 2.45) is 5.92 Å². The first kappa shape index (κ1) is 8.91. The van der Waals surface area contributed by atoms with Gasteiger partial charge in [0.1, 0.15) is 0 Å². The Morgan fingerprint density at radius 3 is 2.18 bits per heavy atom. The van der Waals surface area contributed by atoms with Crippen LogP contribution in [0.1, 0.15) is 32.6 Å². The van der Waals surface area contributed by atoms with Gasteiger partial charge in [0, 0.05) is 0 Å². The van der Waals surface area contributed by atoms with E-state index in [0.717, 1.165) is 25.7 Å². The summed E-state index contributed by atoms with van der Waals surface area (Å²) in [6.45, 7) is -0.438. The molecule has 1 saturated carbocycles. The van der Waals surface area contributed by atoms with Gasteiger partial charge in [0.15, 0.2) is 0 Å². The van der Waals surface area contributed by atoms with Crippen LogP contribution in [0, 0.1) is 5.92 Å². The van der Waals surface area contributed by atoms with Crippen LogP contribution in [0.2, 0.25) is 0 Å². The number of ether oxygens (including phenoxy) is 1.